The Hall–Kier alpha value is -4.13. The third-order valence-corrected chi connectivity index (χ3v) is 5.75. The standard InChI is InChI=1S/C27H27N3O4/c1-19-16-25(31)28-23-10-6-7-11-24(23)30(19)26(32)17-29(2)27(33)18-34-22-14-12-21(13-15-22)20-8-4-3-5-9-20/h3-15,19H,16-18H2,1-2H3,(H,28,31). The van der Waals surface area contributed by atoms with Crippen LogP contribution in [0.2, 0.25) is 0 Å². The minimum Gasteiger partial charge on any atom is -0.484 e. The van der Waals surface area contributed by atoms with Gasteiger partial charge in [0.15, 0.2) is 6.61 Å². The van der Waals surface area contributed by atoms with Crippen molar-refractivity contribution in [3.8, 4) is 16.9 Å². The summed E-state index contributed by atoms with van der Waals surface area (Å²) in [6.45, 7) is 1.52. The molecule has 1 atom stereocenters. The second kappa shape index (κ2) is 10.2. The monoisotopic (exact) mass is 457 g/mol. The maximum absolute atomic E-state index is 13.1. The molecule has 0 saturated heterocycles. The van der Waals surface area contributed by atoms with Crippen molar-refractivity contribution in [2.45, 2.75) is 19.4 Å². The molecule has 0 radical (unpaired) electrons. The van der Waals surface area contributed by atoms with Crippen molar-refractivity contribution in [2.75, 3.05) is 30.4 Å². The van der Waals surface area contributed by atoms with Gasteiger partial charge in [0.25, 0.3) is 5.91 Å². The number of amides is 3. The Labute approximate surface area is 198 Å². The van der Waals surface area contributed by atoms with Crippen molar-refractivity contribution >= 4 is 29.1 Å². The fourth-order valence-electron chi connectivity index (χ4n) is 3.96. The number of anilines is 2. The first kappa shape index (κ1) is 23.0. The smallest absolute Gasteiger partial charge is 0.260 e. The SMILES string of the molecule is CC1CC(=O)Nc2ccccc2N1C(=O)CN(C)C(=O)COc1ccc(-c2ccccc2)cc1. The quantitative estimate of drug-likeness (QED) is 0.608. The van der Waals surface area contributed by atoms with Gasteiger partial charge >= 0.3 is 0 Å². The third-order valence-electron chi connectivity index (χ3n) is 5.75. The van der Waals surface area contributed by atoms with Gasteiger partial charge in [0.2, 0.25) is 11.8 Å². The molecule has 0 spiro atoms. The number of hydrogen-bond donors (Lipinski definition) is 1. The van der Waals surface area contributed by atoms with Gasteiger partial charge in [0.1, 0.15) is 5.75 Å². The summed E-state index contributed by atoms with van der Waals surface area (Å²) in [4.78, 5) is 40.9. The van der Waals surface area contributed by atoms with E-state index >= 15 is 0 Å². The molecule has 1 aliphatic rings. The van der Waals surface area contributed by atoms with Crippen molar-refractivity contribution < 1.29 is 19.1 Å². The fraction of sp³-hybridized carbons (Fsp3) is 0.222. The molecule has 1 N–H and O–H groups in total. The van der Waals surface area contributed by atoms with Gasteiger partial charge in [-0.25, -0.2) is 0 Å². The van der Waals surface area contributed by atoms with Gasteiger partial charge in [0, 0.05) is 19.5 Å². The lowest BCUT2D eigenvalue weighted by Crippen LogP contribution is -2.46. The summed E-state index contributed by atoms with van der Waals surface area (Å²) >= 11 is 0. The van der Waals surface area contributed by atoms with E-state index in [-0.39, 0.29) is 43.3 Å². The molecule has 3 aromatic rings. The third kappa shape index (κ3) is 5.26. The first-order valence-corrected chi connectivity index (χ1v) is 11.2. The zero-order chi connectivity index (χ0) is 24.1. The topological polar surface area (TPSA) is 79.0 Å². The van der Waals surface area contributed by atoms with E-state index in [9.17, 15) is 14.4 Å². The minimum atomic E-state index is -0.334. The molecular formula is C27H27N3O4. The molecular weight excluding hydrogens is 430 g/mol. The minimum absolute atomic E-state index is 0.123. The summed E-state index contributed by atoms with van der Waals surface area (Å²) < 4.78 is 5.65. The van der Waals surface area contributed by atoms with Crippen molar-refractivity contribution in [3.05, 3.63) is 78.9 Å². The van der Waals surface area contributed by atoms with E-state index < -0.39 is 0 Å². The highest BCUT2D eigenvalue weighted by atomic mass is 16.5. The van der Waals surface area contributed by atoms with Crippen LogP contribution in [0.5, 0.6) is 5.75 Å². The van der Waals surface area contributed by atoms with Gasteiger partial charge in [0.05, 0.1) is 17.9 Å². The van der Waals surface area contributed by atoms with Crippen LogP contribution < -0.4 is 15.0 Å². The Bertz CT molecular complexity index is 1180. The van der Waals surface area contributed by atoms with Gasteiger partial charge in [-0.2, -0.15) is 0 Å². The first-order valence-electron chi connectivity index (χ1n) is 11.2. The van der Waals surface area contributed by atoms with Crippen LogP contribution in [0.3, 0.4) is 0 Å². The summed E-state index contributed by atoms with van der Waals surface area (Å²) in [7, 11) is 1.57. The highest BCUT2D eigenvalue weighted by Gasteiger charge is 2.30. The highest BCUT2D eigenvalue weighted by molar-refractivity contribution is 6.05. The van der Waals surface area contributed by atoms with Crippen LogP contribution in [0.25, 0.3) is 11.1 Å². The molecule has 7 heteroatoms. The second-order valence-electron chi connectivity index (χ2n) is 8.31. The predicted molar refractivity (Wildman–Crippen MR) is 132 cm³/mol. The number of ether oxygens (including phenoxy) is 1. The predicted octanol–water partition coefficient (Wildman–Crippen LogP) is 3.95. The summed E-state index contributed by atoms with van der Waals surface area (Å²) in [5, 5.41) is 2.83. The van der Waals surface area contributed by atoms with E-state index in [2.05, 4.69) is 5.32 Å². The Balaban J connectivity index is 1.36. The van der Waals surface area contributed by atoms with E-state index in [1.165, 1.54) is 4.90 Å². The van der Waals surface area contributed by atoms with Gasteiger partial charge in [-0.15, -0.1) is 0 Å². The molecule has 3 amide bonds. The van der Waals surface area contributed by atoms with Crippen molar-refractivity contribution in [2.24, 2.45) is 0 Å². The van der Waals surface area contributed by atoms with Crippen LogP contribution in [0, 0.1) is 0 Å². The lowest BCUT2D eigenvalue weighted by Gasteiger charge is -2.29. The van der Waals surface area contributed by atoms with E-state index in [1.54, 1.807) is 30.1 Å². The Morgan fingerprint density at radius 1 is 0.971 bits per heavy atom. The number of rotatable bonds is 6. The molecule has 0 fully saturated rings. The number of fused-ring (bicyclic) bond motifs is 1. The molecule has 4 rings (SSSR count). The Kier molecular flexibility index (Phi) is 6.92. The lowest BCUT2D eigenvalue weighted by atomic mass is 10.1. The Morgan fingerprint density at radius 3 is 2.35 bits per heavy atom. The van der Waals surface area contributed by atoms with Gasteiger partial charge in [-0.1, -0.05) is 54.6 Å². The first-order chi connectivity index (χ1) is 16.4. The number of para-hydroxylation sites is 2. The number of carbonyl (C=O) groups is 3. The summed E-state index contributed by atoms with van der Waals surface area (Å²) in [5.74, 6) is -0.149. The fourth-order valence-corrected chi connectivity index (χ4v) is 3.96. The number of benzene rings is 3. The van der Waals surface area contributed by atoms with Crippen molar-refractivity contribution in [1.82, 2.24) is 4.90 Å². The number of hydrogen-bond acceptors (Lipinski definition) is 4. The second-order valence-corrected chi connectivity index (χ2v) is 8.31. The molecule has 0 saturated carbocycles. The molecule has 1 unspecified atom stereocenters. The molecule has 1 heterocycles. The van der Waals surface area contributed by atoms with E-state index in [4.69, 9.17) is 4.74 Å². The van der Waals surface area contributed by atoms with Crippen LogP contribution >= 0.6 is 0 Å². The molecule has 0 aromatic heterocycles. The van der Waals surface area contributed by atoms with Crippen LogP contribution in [-0.4, -0.2) is 48.9 Å². The van der Waals surface area contributed by atoms with Crippen LogP contribution in [0.4, 0.5) is 11.4 Å². The zero-order valence-corrected chi connectivity index (χ0v) is 19.2. The van der Waals surface area contributed by atoms with Crippen LogP contribution in [0.1, 0.15) is 13.3 Å². The molecule has 34 heavy (non-hydrogen) atoms. The normalized spacial score (nSPS) is 15.1. The molecule has 3 aromatic carbocycles. The molecule has 0 aliphatic carbocycles. The van der Waals surface area contributed by atoms with Gasteiger partial charge < -0.3 is 19.9 Å². The maximum Gasteiger partial charge on any atom is 0.260 e. The summed E-state index contributed by atoms with van der Waals surface area (Å²) in [6.07, 6.45) is 0.181. The molecule has 174 valence electrons. The van der Waals surface area contributed by atoms with E-state index in [0.717, 1.165) is 11.1 Å². The lowest BCUT2D eigenvalue weighted by molar-refractivity contribution is -0.135. The summed E-state index contributed by atoms with van der Waals surface area (Å²) in [6, 6.07) is 24.3. The molecule has 7 nitrogen and oxygen atoms in total. The highest BCUT2D eigenvalue weighted by Crippen LogP contribution is 2.31. The number of likely N-dealkylation sites (N-methyl/N-ethyl adjacent to an activating group) is 1. The van der Waals surface area contributed by atoms with Crippen molar-refractivity contribution in [3.63, 3.8) is 0 Å². The number of nitrogens with zero attached hydrogens (tertiary/aromatic N) is 2. The van der Waals surface area contributed by atoms with Gasteiger partial charge in [-0.05, 0) is 42.3 Å². The van der Waals surface area contributed by atoms with Crippen LogP contribution in [0.15, 0.2) is 78.9 Å². The Morgan fingerprint density at radius 2 is 1.62 bits per heavy atom. The zero-order valence-electron chi connectivity index (χ0n) is 19.2. The average Bonchev–Trinajstić information content (AvgIpc) is 2.97. The van der Waals surface area contributed by atoms with Crippen LogP contribution in [-0.2, 0) is 14.4 Å². The van der Waals surface area contributed by atoms with Gasteiger partial charge in [-0.3, -0.25) is 14.4 Å². The molecule has 1 aliphatic heterocycles. The van der Waals surface area contributed by atoms with E-state index in [0.29, 0.717) is 17.1 Å². The number of carbonyl (C=O) groups excluding carboxylic acids is 3. The largest absolute Gasteiger partial charge is 0.484 e. The maximum atomic E-state index is 13.1. The average molecular weight is 458 g/mol. The van der Waals surface area contributed by atoms with Crippen molar-refractivity contribution in [1.29, 1.82) is 0 Å². The molecule has 0 bridgehead atoms. The number of nitrogens with one attached hydrogen (secondary N) is 1. The van der Waals surface area contributed by atoms with E-state index in [1.807, 2.05) is 67.6 Å². The summed E-state index contributed by atoms with van der Waals surface area (Å²) in [5.41, 5.74) is 3.37.